The second kappa shape index (κ2) is 5.50. The van der Waals surface area contributed by atoms with Gasteiger partial charge in [-0.3, -0.25) is 9.20 Å². The molecule has 0 aliphatic heterocycles. The highest BCUT2D eigenvalue weighted by Crippen LogP contribution is 2.29. The number of carbonyl (C=O) groups is 1. The van der Waals surface area contributed by atoms with Crippen molar-refractivity contribution in [3.8, 4) is 0 Å². The number of carbonyl (C=O) groups excluding carboxylic acids is 1. The molecule has 1 N–H and O–H groups in total. The number of nitrogens with zero attached hydrogens (tertiary/aromatic N) is 3. The Hall–Kier alpha value is -2.69. The van der Waals surface area contributed by atoms with Crippen molar-refractivity contribution < 1.29 is 4.79 Å². The van der Waals surface area contributed by atoms with Gasteiger partial charge in [-0.15, -0.1) is 10.2 Å². The maximum absolute atomic E-state index is 12.6. The van der Waals surface area contributed by atoms with Crippen molar-refractivity contribution in [3.63, 3.8) is 0 Å². The van der Waals surface area contributed by atoms with E-state index in [-0.39, 0.29) is 11.9 Å². The van der Waals surface area contributed by atoms with Crippen LogP contribution >= 0.6 is 0 Å². The van der Waals surface area contributed by atoms with E-state index in [9.17, 15) is 4.79 Å². The first-order chi connectivity index (χ1) is 11.2. The molecular weight excluding hydrogens is 288 g/mol. The van der Waals surface area contributed by atoms with E-state index in [2.05, 4.69) is 33.7 Å². The molecule has 1 aliphatic carbocycles. The Bertz CT molecular complexity index is 884. The summed E-state index contributed by atoms with van der Waals surface area (Å²) >= 11 is 0. The predicted molar refractivity (Wildman–Crippen MR) is 87.3 cm³/mol. The minimum Gasteiger partial charge on any atom is -0.345 e. The first-order valence-corrected chi connectivity index (χ1v) is 7.92. The molecule has 3 aromatic rings. The topological polar surface area (TPSA) is 59.3 Å². The van der Waals surface area contributed by atoms with Crippen molar-refractivity contribution in [3.05, 3.63) is 65.1 Å². The van der Waals surface area contributed by atoms with Crippen LogP contribution in [0.3, 0.4) is 0 Å². The summed E-state index contributed by atoms with van der Waals surface area (Å²) in [6.45, 7) is 1.87. The van der Waals surface area contributed by atoms with Crippen molar-refractivity contribution in [2.24, 2.45) is 0 Å². The summed E-state index contributed by atoms with van der Waals surface area (Å²) < 4.78 is 1.84. The number of aryl methyl sites for hydroxylation is 2. The Kier molecular flexibility index (Phi) is 3.33. The highest BCUT2D eigenvalue weighted by molar-refractivity contribution is 5.94. The number of rotatable bonds is 2. The van der Waals surface area contributed by atoms with Crippen LogP contribution in [-0.4, -0.2) is 20.5 Å². The molecule has 0 radical (unpaired) electrons. The molecule has 1 amide bonds. The van der Waals surface area contributed by atoms with Gasteiger partial charge < -0.3 is 5.32 Å². The standard InChI is InChI=1S/C18H18N4O/c1-12-20-21-17-10-9-14(11-22(12)17)18(23)19-16-8-4-6-13-5-2-3-7-15(13)16/h2-3,5,7,9-11,16H,4,6,8H2,1H3,(H,19,23). The van der Waals surface area contributed by atoms with Gasteiger partial charge in [-0.05, 0) is 49.4 Å². The molecule has 1 atom stereocenters. The zero-order valence-corrected chi connectivity index (χ0v) is 13.0. The van der Waals surface area contributed by atoms with Crippen LogP contribution in [0.25, 0.3) is 5.65 Å². The predicted octanol–water partition coefficient (Wildman–Crippen LogP) is 2.85. The van der Waals surface area contributed by atoms with Gasteiger partial charge in [0.15, 0.2) is 5.65 Å². The minimum atomic E-state index is -0.0540. The van der Waals surface area contributed by atoms with Gasteiger partial charge in [-0.2, -0.15) is 0 Å². The third kappa shape index (κ3) is 2.48. The maximum atomic E-state index is 12.6. The molecule has 0 bridgehead atoms. The average molecular weight is 306 g/mol. The van der Waals surface area contributed by atoms with Crippen LogP contribution in [0.15, 0.2) is 42.6 Å². The molecule has 1 aliphatic rings. The number of amides is 1. The molecule has 0 fully saturated rings. The van der Waals surface area contributed by atoms with Crippen LogP contribution in [0.5, 0.6) is 0 Å². The molecule has 1 aromatic carbocycles. The summed E-state index contributed by atoms with van der Waals surface area (Å²) in [7, 11) is 0. The van der Waals surface area contributed by atoms with Gasteiger partial charge in [0, 0.05) is 6.20 Å². The molecule has 2 heterocycles. The number of benzene rings is 1. The summed E-state index contributed by atoms with van der Waals surface area (Å²) in [4.78, 5) is 12.6. The fraction of sp³-hybridized carbons (Fsp3) is 0.278. The summed E-state index contributed by atoms with van der Waals surface area (Å²) in [6.07, 6.45) is 4.98. The Morgan fingerprint density at radius 2 is 2.09 bits per heavy atom. The third-order valence-electron chi connectivity index (χ3n) is 4.51. The van der Waals surface area contributed by atoms with E-state index < -0.39 is 0 Å². The highest BCUT2D eigenvalue weighted by Gasteiger charge is 2.22. The lowest BCUT2D eigenvalue weighted by molar-refractivity contribution is 0.0932. The highest BCUT2D eigenvalue weighted by atomic mass is 16.1. The van der Waals surface area contributed by atoms with Crippen molar-refractivity contribution >= 4 is 11.6 Å². The second-order valence-electron chi connectivity index (χ2n) is 6.01. The number of pyridine rings is 1. The molecule has 116 valence electrons. The van der Waals surface area contributed by atoms with Gasteiger partial charge in [0.1, 0.15) is 5.82 Å². The second-order valence-corrected chi connectivity index (χ2v) is 6.01. The van der Waals surface area contributed by atoms with E-state index in [1.807, 2.05) is 23.5 Å². The first-order valence-electron chi connectivity index (χ1n) is 7.92. The van der Waals surface area contributed by atoms with Gasteiger partial charge >= 0.3 is 0 Å². The van der Waals surface area contributed by atoms with Crippen LogP contribution in [0.4, 0.5) is 0 Å². The fourth-order valence-corrected chi connectivity index (χ4v) is 3.29. The average Bonchev–Trinajstić information content (AvgIpc) is 2.96. The summed E-state index contributed by atoms with van der Waals surface area (Å²) in [5.74, 6) is 0.722. The van der Waals surface area contributed by atoms with Crippen LogP contribution < -0.4 is 5.32 Å². The van der Waals surface area contributed by atoms with Gasteiger partial charge in [0.2, 0.25) is 0 Å². The van der Waals surface area contributed by atoms with E-state index in [1.165, 1.54) is 11.1 Å². The number of hydrogen-bond donors (Lipinski definition) is 1. The SMILES string of the molecule is Cc1nnc2ccc(C(=O)NC3CCCc4ccccc43)cn12. The number of aromatic nitrogens is 3. The summed E-state index contributed by atoms with van der Waals surface area (Å²) in [6, 6.07) is 12.1. The largest absolute Gasteiger partial charge is 0.345 e. The van der Waals surface area contributed by atoms with Crippen molar-refractivity contribution in [2.75, 3.05) is 0 Å². The lowest BCUT2D eigenvalue weighted by Crippen LogP contribution is -2.31. The van der Waals surface area contributed by atoms with E-state index in [0.29, 0.717) is 5.56 Å². The van der Waals surface area contributed by atoms with Gasteiger partial charge in [0.05, 0.1) is 11.6 Å². The third-order valence-corrected chi connectivity index (χ3v) is 4.51. The molecule has 5 nitrogen and oxygen atoms in total. The lowest BCUT2D eigenvalue weighted by atomic mass is 9.87. The Labute approximate surface area is 134 Å². The van der Waals surface area contributed by atoms with Gasteiger partial charge in [-0.1, -0.05) is 24.3 Å². The summed E-state index contributed by atoms with van der Waals surface area (Å²) in [5.41, 5.74) is 3.97. The van der Waals surface area contributed by atoms with E-state index in [1.54, 1.807) is 12.3 Å². The summed E-state index contributed by atoms with van der Waals surface area (Å²) in [5, 5.41) is 11.2. The van der Waals surface area contributed by atoms with Crippen molar-refractivity contribution in [2.45, 2.75) is 32.2 Å². The molecule has 0 saturated carbocycles. The molecule has 0 saturated heterocycles. The quantitative estimate of drug-likeness (QED) is 0.792. The first kappa shape index (κ1) is 13.9. The maximum Gasteiger partial charge on any atom is 0.253 e. The van der Waals surface area contributed by atoms with Crippen LogP contribution in [0.1, 0.15) is 46.2 Å². The van der Waals surface area contributed by atoms with Crippen molar-refractivity contribution in [1.82, 2.24) is 19.9 Å². The molecule has 5 heteroatoms. The molecule has 2 aromatic heterocycles. The van der Waals surface area contributed by atoms with E-state index >= 15 is 0 Å². The lowest BCUT2D eigenvalue weighted by Gasteiger charge is -2.26. The molecular formula is C18H18N4O. The number of hydrogen-bond acceptors (Lipinski definition) is 3. The smallest absolute Gasteiger partial charge is 0.253 e. The Morgan fingerprint density at radius 3 is 3.00 bits per heavy atom. The molecule has 0 spiro atoms. The number of nitrogens with one attached hydrogen (secondary N) is 1. The van der Waals surface area contributed by atoms with Gasteiger partial charge in [-0.25, -0.2) is 0 Å². The van der Waals surface area contributed by atoms with Crippen LogP contribution in [0, 0.1) is 6.92 Å². The Balaban J connectivity index is 1.61. The monoisotopic (exact) mass is 306 g/mol. The van der Waals surface area contributed by atoms with E-state index in [0.717, 1.165) is 30.7 Å². The minimum absolute atomic E-state index is 0.0540. The fourth-order valence-electron chi connectivity index (χ4n) is 3.29. The molecule has 23 heavy (non-hydrogen) atoms. The van der Waals surface area contributed by atoms with Crippen LogP contribution in [-0.2, 0) is 6.42 Å². The Morgan fingerprint density at radius 1 is 1.22 bits per heavy atom. The van der Waals surface area contributed by atoms with Crippen LogP contribution in [0.2, 0.25) is 0 Å². The van der Waals surface area contributed by atoms with Crippen molar-refractivity contribution in [1.29, 1.82) is 0 Å². The van der Waals surface area contributed by atoms with E-state index in [4.69, 9.17) is 0 Å². The molecule has 4 rings (SSSR count). The molecule has 1 unspecified atom stereocenters. The zero-order chi connectivity index (χ0) is 15.8. The zero-order valence-electron chi connectivity index (χ0n) is 13.0. The normalized spacial score (nSPS) is 17.0. The van der Waals surface area contributed by atoms with Gasteiger partial charge in [0.25, 0.3) is 5.91 Å². The number of fused-ring (bicyclic) bond motifs is 2.